The van der Waals surface area contributed by atoms with E-state index in [1.807, 2.05) is 0 Å². The van der Waals surface area contributed by atoms with Crippen LogP contribution in [0.4, 0.5) is 11.4 Å². The van der Waals surface area contributed by atoms with Gasteiger partial charge in [0.1, 0.15) is 0 Å². The van der Waals surface area contributed by atoms with Crippen molar-refractivity contribution in [3.05, 3.63) is 88.9 Å². The Morgan fingerprint density at radius 2 is 1.68 bits per heavy atom. The highest BCUT2D eigenvalue weighted by Crippen LogP contribution is 2.23. The van der Waals surface area contributed by atoms with E-state index in [1.54, 1.807) is 43.3 Å². The molecule has 0 atom stereocenters. The molecule has 31 heavy (non-hydrogen) atoms. The van der Waals surface area contributed by atoms with Gasteiger partial charge in [0.2, 0.25) is 0 Å². The van der Waals surface area contributed by atoms with Crippen molar-refractivity contribution in [1.29, 1.82) is 0 Å². The van der Waals surface area contributed by atoms with Crippen molar-refractivity contribution in [3.8, 4) is 0 Å². The van der Waals surface area contributed by atoms with Gasteiger partial charge in [-0.2, -0.15) is 0 Å². The third-order valence-electron chi connectivity index (χ3n) is 4.15. The number of rotatable bonds is 7. The molecule has 0 aliphatic carbocycles. The van der Waals surface area contributed by atoms with Gasteiger partial charge in [0.15, 0.2) is 0 Å². The second kappa shape index (κ2) is 9.63. The number of nitrogens with one attached hydrogen (secondary N) is 2. The maximum Gasteiger partial charge on any atom is 0.339 e. The summed E-state index contributed by atoms with van der Waals surface area (Å²) in [4.78, 5) is 24.5. The lowest BCUT2D eigenvalue weighted by molar-refractivity contribution is 0.0526. The van der Waals surface area contributed by atoms with Gasteiger partial charge in [-0.15, -0.1) is 0 Å². The number of carbonyl (C=O) groups excluding carboxylic acids is 2. The molecule has 160 valence electrons. The number of anilines is 2. The minimum Gasteiger partial charge on any atom is -0.462 e. The Morgan fingerprint density at radius 3 is 2.35 bits per heavy atom. The SMILES string of the molecule is CCOC(=O)c1ccc(NC(=O)c2cccc(NS(=O)(=O)c3ccccc3)c2)cc1Cl. The fraction of sp³-hybridized carbons (Fsp3) is 0.0909. The molecule has 7 nitrogen and oxygen atoms in total. The Hall–Kier alpha value is -3.36. The van der Waals surface area contributed by atoms with Crippen LogP contribution in [-0.4, -0.2) is 26.9 Å². The van der Waals surface area contributed by atoms with Crippen LogP contribution in [0, 0.1) is 0 Å². The first-order valence-electron chi connectivity index (χ1n) is 9.26. The largest absolute Gasteiger partial charge is 0.462 e. The summed E-state index contributed by atoms with van der Waals surface area (Å²) in [7, 11) is -3.78. The molecule has 0 fully saturated rings. The molecule has 0 bridgehead atoms. The number of ether oxygens (including phenoxy) is 1. The van der Waals surface area contributed by atoms with Crippen molar-refractivity contribution < 1.29 is 22.7 Å². The molecule has 0 aromatic heterocycles. The molecule has 0 spiro atoms. The number of benzene rings is 3. The molecule has 0 aliphatic rings. The van der Waals surface area contributed by atoms with Crippen LogP contribution in [0.25, 0.3) is 0 Å². The molecule has 3 aromatic rings. The van der Waals surface area contributed by atoms with Crippen molar-refractivity contribution in [3.63, 3.8) is 0 Å². The minimum atomic E-state index is -3.78. The maximum absolute atomic E-state index is 12.6. The first-order valence-corrected chi connectivity index (χ1v) is 11.1. The molecular formula is C22H19ClN2O5S. The van der Waals surface area contributed by atoms with Gasteiger partial charge in [-0.1, -0.05) is 35.9 Å². The van der Waals surface area contributed by atoms with Gasteiger partial charge >= 0.3 is 5.97 Å². The first-order chi connectivity index (χ1) is 14.8. The van der Waals surface area contributed by atoms with Crippen molar-refractivity contribution in [2.45, 2.75) is 11.8 Å². The Labute approximate surface area is 185 Å². The minimum absolute atomic E-state index is 0.112. The summed E-state index contributed by atoms with van der Waals surface area (Å²) in [5.41, 5.74) is 1.04. The van der Waals surface area contributed by atoms with Gasteiger partial charge < -0.3 is 10.1 Å². The number of sulfonamides is 1. The van der Waals surface area contributed by atoms with E-state index in [1.165, 1.54) is 36.4 Å². The van der Waals surface area contributed by atoms with E-state index in [0.717, 1.165) is 0 Å². The van der Waals surface area contributed by atoms with Crippen LogP contribution < -0.4 is 10.0 Å². The normalized spacial score (nSPS) is 10.9. The van der Waals surface area contributed by atoms with Gasteiger partial charge in [0.05, 0.1) is 22.1 Å². The molecule has 0 saturated heterocycles. The molecule has 9 heteroatoms. The summed E-state index contributed by atoms with van der Waals surface area (Å²) in [6.07, 6.45) is 0. The highest BCUT2D eigenvalue weighted by Gasteiger charge is 2.16. The monoisotopic (exact) mass is 458 g/mol. The van der Waals surface area contributed by atoms with Crippen molar-refractivity contribution in [2.75, 3.05) is 16.6 Å². The zero-order valence-corrected chi connectivity index (χ0v) is 18.0. The first kappa shape index (κ1) is 22.3. The predicted octanol–water partition coefficient (Wildman–Crippen LogP) is 4.57. The fourth-order valence-corrected chi connectivity index (χ4v) is 4.04. The molecule has 0 unspecified atom stereocenters. The smallest absolute Gasteiger partial charge is 0.339 e. The number of hydrogen-bond acceptors (Lipinski definition) is 5. The van der Waals surface area contributed by atoms with Gasteiger partial charge in [0.25, 0.3) is 15.9 Å². The topological polar surface area (TPSA) is 102 Å². The van der Waals surface area contributed by atoms with Crippen LogP contribution in [0.1, 0.15) is 27.6 Å². The number of esters is 1. The van der Waals surface area contributed by atoms with E-state index in [9.17, 15) is 18.0 Å². The summed E-state index contributed by atoms with van der Waals surface area (Å²) in [5, 5.41) is 2.81. The second-order valence-corrected chi connectivity index (χ2v) is 8.46. The van der Waals surface area contributed by atoms with E-state index in [-0.39, 0.29) is 33.3 Å². The Morgan fingerprint density at radius 1 is 0.935 bits per heavy atom. The highest BCUT2D eigenvalue weighted by atomic mass is 35.5. The van der Waals surface area contributed by atoms with Crippen molar-refractivity contribution in [2.24, 2.45) is 0 Å². The number of hydrogen-bond donors (Lipinski definition) is 2. The number of halogens is 1. The molecule has 0 aliphatic heterocycles. The van der Waals surface area contributed by atoms with Crippen LogP contribution in [0.15, 0.2) is 77.7 Å². The molecule has 3 rings (SSSR count). The summed E-state index contributed by atoms with van der Waals surface area (Å²) >= 11 is 6.12. The van der Waals surface area contributed by atoms with Crippen molar-refractivity contribution in [1.82, 2.24) is 0 Å². The zero-order valence-electron chi connectivity index (χ0n) is 16.5. The van der Waals surface area contributed by atoms with Crippen molar-refractivity contribution >= 4 is 44.9 Å². The summed E-state index contributed by atoms with van der Waals surface area (Å²) < 4.78 is 32.3. The van der Waals surface area contributed by atoms with Crippen LogP contribution in [0.2, 0.25) is 5.02 Å². The van der Waals surface area contributed by atoms with Gasteiger partial charge in [0, 0.05) is 16.9 Å². The van der Waals surface area contributed by atoms with Crippen LogP contribution in [-0.2, 0) is 14.8 Å². The molecule has 3 aromatic carbocycles. The molecule has 2 N–H and O–H groups in total. The van der Waals surface area contributed by atoms with Gasteiger partial charge in [-0.05, 0) is 55.5 Å². The third-order valence-corrected chi connectivity index (χ3v) is 5.86. The number of carbonyl (C=O) groups is 2. The average Bonchev–Trinajstić information content (AvgIpc) is 2.74. The quantitative estimate of drug-likeness (QED) is 0.505. The molecule has 1 amide bonds. The summed E-state index contributed by atoms with van der Waals surface area (Å²) in [5.74, 6) is -1.02. The van der Waals surface area contributed by atoms with Crippen LogP contribution in [0.5, 0.6) is 0 Å². The zero-order chi connectivity index (χ0) is 22.4. The van der Waals surface area contributed by atoms with E-state index in [4.69, 9.17) is 16.3 Å². The molecular weight excluding hydrogens is 440 g/mol. The van der Waals surface area contributed by atoms with E-state index >= 15 is 0 Å². The standard InChI is InChI=1S/C22H19ClN2O5S/c1-2-30-22(27)19-12-11-16(14-20(19)23)24-21(26)15-7-6-8-17(13-15)25-31(28,29)18-9-4-3-5-10-18/h3-14,25H,2H2,1H3,(H,24,26). The third kappa shape index (κ3) is 5.62. The maximum atomic E-state index is 12.6. The van der Waals surface area contributed by atoms with Crippen LogP contribution in [0.3, 0.4) is 0 Å². The van der Waals surface area contributed by atoms with E-state index in [2.05, 4.69) is 10.0 Å². The lowest BCUT2D eigenvalue weighted by atomic mass is 10.1. The molecule has 0 heterocycles. The van der Waals surface area contributed by atoms with E-state index in [0.29, 0.717) is 5.69 Å². The number of amides is 1. The Bertz CT molecular complexity index is 1210. The lowest BCUT2D eigenvalue weighted by Gasteiger charge is -2.11. The van der Waals surface area contributed by atoms with E-state index < -0.39 is 21.9 Å². The molecule has 0 saturated carbocycles. The van der Waals surface area contributed by atoms with Crippen LogP contribution >= 0.6 is 11.6 Å². The predicted molar refractivity (Wildman–Crippen MR) is 119 cm³/mol. The lowest BCUT2D eigenvalue weighted by Crippen LogP contribution is -2.15. The average molecular weight is 459 g/mol. The second-order valence-electron chi connectivity index (χ2n) is 6.37. The van der Waals surface area contributed by atoms with Gasteiger partial charge in [-0.3, -0.25) is 9.52 Å². The molecule has 0 radical (unpaired) electrons. The highest BCUT2D eigenvalue weighted by molar-refractivity contribution is 7.92. The Balaban J connectivity index is 1.75. The summed E-state index contributed by atoms with van der Waals surface area (Å²) in [6.45, 7) is 1.91. The van der Waals surface area contributed by atoms with Gasteiger partial charge in [-0.25, -0.2) is 13.2 Å². The summed E-state index contributed by atoms with van der Waals surface area (Å²) in [6, 6.07) is 18.4. The Kier molecular flexibility index (Phi) is 6.94. The fourth-order valence-electron chi connectivity index (χ4n) is 2.71.